The predicted octanol–water partition coefficient (Wildman–Crippen LogP) is 1.09. The molecule has 0 bridgehead atoms. The first-order chi connectivity index (χ1) is 9.58. The zero-order valence-electron chi connectivity index (χ0n) is 11.9. The molecule has 1 aliphatic heterocycles. The molecule has 1 saturated heterocycles. The smallest absolute Gasteiger partial charge is 0.279 e. The zero-order chi connectivity index (χ0) is 14.4. The molecule has 1 fully saturated rings. The molecule has 1 aliphatic rings. The molecule has 112 valence electrons. The van der Waals surface area contributed by atoms with Gasteiger partial charge in [0, 0.05) is 26.2 Å². The van der Waals surface area contributed by atoms with Gasteiger partial charge in [-0.1, -0.05) is 36.8 Å². The molecule has 1 aromatic carbocycles. The van der Waals surface area contributed by atoms with E-state index in [4.69, 9.17) is 0 Å². The minimum absolute atomic E-state index is 0.0132. The minimum atomic E-state index is -3.43. The molecule has 0 aliphatic carbocycles. The van der Waals surface area contributed by atoms with Crippen LogP contribution in [0, 0.1) is 0 Å². The van der Waals surface area contributed by atoms with E-state index in [1.165, 1.54) is 4.31 Å². The van der Waals surface area contributed by atoms with Gasteiger partial charge >= 0.3 is 0 Å². The Morgan fingerprint density at radius 3 is 2.80 bits per heavy atom. The van der Waals surface area contributed by atoms with Crippen molar-refractivity contribution in [2.45, 2.75) is 31.8 Å². The predicted molar refractivity (Wildman–Crippen MR) is 80.5 cm³/mol. The molecule has 0 spiro atoms. The van der Waals surface area contributed by atoms with Crippen LogP contribution in [0.15, 0.2) is 30.3 Å². The summed E-state index contributed by atoms with van der Waals surface area (Å²) >= 11 is 0. The second kappa shape index (κ2) is 7.17. The molecule has 0 amide bonds. The second-order valence-electron chi connectivity index (χ2n) is 5.26. The van der Waals surface area contributed by atoms with Gasteiger partial charge in [0.25, 0.3) is 10.2 Å². The Hall–Kier alpha value is -0.950. The van der Waals surface area contributed by atoms with E-state index in [0.29, 0.717) is 13.1 Å². The van der Waals surface area contributed by atoms with Crippen molar-refractivity contribution in [2.24, 2.45) is 0 Å². The van der Waals surface area contributed by atoms with Gasteiger partial charge in [-0.15, -0.1) is 0 Å². The monoisotopic (exact) mass is 297 g/mol. The van der Waals surface area contributed by atoms with Crippen LogP contribution in [0.5, 0.6) is 0 Å². The lowest BCUT2D eigenvalue weighted by molar-refractivity contribution is 0.436. The van der Waals surface area contributed by atoms with Crippen molar-refractivity contribution in [3.63, 3.8) is 0 Å². The van der Waals surface area contributed by atoms with Crippen LogP contribution in [-0.2, 0) is 16.8 Å². The van der Waals surface area contributed by atoms with Gasteiger partial charge in [-0.05, 0) is 24.9 Å². The number of nitrogens with one attached hydrogen (secondary N) is 2. The lowest BCUT2D eigenvalue weighted by Crippen LogP contribution is -2.46. The van der Waals surface area contributed by atoms with Crippen LogP contribution in [-0.4, -0.2) is 38.9 Å². The normalized spacial score (nSPS) is 20.8. The second-order valence-corrected chi connectivity index (χ2v) is 7.07. The standard InChI is InChI=1S/C14H23N3O2S/c1-17(12-13-7-3-2-4-8-13)20(18,19)16-14-9-5-6-10-15-11-14/h2-4,7-8,14-16H,5-6,9-12H2,1H3. The first kappa shape index (κ1) is 15.4. The first-order valence-electron chi connectivity index (χ1n) is 7.06. The number of rotatable bonds is 5. The van der Waals surface area contributed by atoms with Gasteiger partial charge < -0.3 is 5.32 Å². The van der Waals surface area contributed by atoms with Gasteiger partial charge in [0.15, 0.2) is 0 Å². The van der Waals surface area contributed by atoms with Crippen molar-refractivity contribution in [3.05, 3.63) is 35.9 Å². The number of benzene rings is 1. The molecule has 5 nitrogen and oxygen atoms in total. The quantitative estimate of drug-likeness (QED) is 0.855. The molecule has 0 radical (unpaired) electrons. The molecule has 2 N–H and O–H groups in total. The van der Waals surface area contributed by atoms with Gasteiger partial charge in [0.1, 0.15) is 0 Å². The highest BCUT2D eigenvalue weighted by molar-refractivity contribution is 7.87. The fourth-order valence-corrected chi connectivity index (χ4v) is 3.47. The molecule has 20 heavy (non-hydrogen) atoms. The summed E-state index contributed by atoms with van der Waals surface area (Å²) in [6, 6.07) is 9.60. The van der Waals surface area contributed by atoms with Crippen molar-refractivity contribution in [1.29, 1.82) is 0 Å². The summed E-state index contributed by atoms with van der Waals surface area (Å²) in [4.78, 5) is 0. The van der Waals surface area contributed by atoms with Gasteiger partial charge in [0.05, 0.1) is 0 Å². The van der Waals surface area contributed by atoms with Crippen LogP contribution in [0.3, 0.4) is 0 Å². The minimum Gasteiger partial charge on any atom is -0.315 e. The lowest BCUT2D eigenvalue weighted by Gasteiger charge is -2.22. The number of hydrogen-bond acceptors (Lipinski definition) is 3. The van der Waals surface area contributed by atoms with Crippen LogP contribution >= 0.6 is 0 Å². The Balaban J connectivity index is 1.94. The molecular formula is C14H23N3O2S. The summed E-state index contributed by atoms with van der Waals surface area (Å²) in [5.41, 5.74) is 0.986. The molecule has 1 heterocycles. The third kappa shape index (κ3) is 4.56. The molecule has 0 aromatic heterocycles. The topological polar surface area (TPSA) is 61.4 Å². The largest absolute Gasteiger partial charge is 0.315 e. The summed E-state index contributed by atoms with van der Waals surface area (Å²) in [5, 5.41) is 3.26. The van der Waals surface area contributed by atoms with Crippen molar-refractivity contribution in [1.82, 2.24) is 14.3 Å². The van der Waals surface area contributed by atoms with Gasteiger partial charge in [-0.25, -0.2) is 0 Å². The third-order valence-corrected chi connectivity index (χ3v) is 5.10. The van der Waals surface area contributed by atoms with Crippen molar-refractivity contribution < 1.29 is 8.42 Å². The highest BCUT2D eigenvalue weighted by Gasteiger charge is 2.23. The maximum atomic E-state index is 12.3. The first-order valence-corrected chi connectivity index (χ1v) is 8.50. The van der Waals surface area contributed by atoms with Crippen LogP contribution in [0.1, 0.15) is 24.8 Å². The van der Waals surface area contributed by atoms with Crippen LogP contribution in [0.4, 0.5) is 0 Å². The Bertz CT molecular complexity index is 496. The Labute approximate surface area is 121 Å². The van der Waals surface area contributed by atoms with E-state index in [-0.39, 0.29) is 6.04 Å². The molecule has 1 atom stereocenters. The molecule has 2 rings (SSSR count). The van der Waals surface area contributed by atoms with E-state index < -0.39 is 10.2 Å². The summed E-state index contributed by atoms with van der Waals surface area (Å²) in [6.07, 6.45) is 3.06. The van der Waals surface area contributed by atoms with Gasteiger partial charge in [0.2, 0.25) is 0 Å². The van der Waals surface area contributed by atoms with Crippen molar-refractivity contribution in [3.8, 4) is 0 Å². The molecule has 0 saturated carbocycles. The summed E-state index contributed by atoms with van der Waals surface area (Å²) in [6.45, 7) is 2.06. The van der Waals surface area contributed by atoms with Gasteiger partial charge in [-0.3, -0.25) is 0 Å². The SMILES string of the molecule is CN(Cc1ccccc1)S(=O)(=O)NC1CCCCNC1. The Morgan fingerprint density at radius 1 is 1.30 bits per heavy atom. The van der Waals surface area contributed by atoms with Gasteiger partial charge in [-0.2, -0.15) is 17.4 Å². The summed E-state index contributed by atoms with van der Waals surface area (Å²) in [7, 11) is -1.82. The fourth-order valence-electron chi connectivity index (χ4n) is 2.35. The number of hydrogen-bond donors (Lipinski definition) is 2. The average molecular weight is 297 g/mol. The highest BCUT2D eigenvalue weighted by atomic mass is 32.2. The molecule has 1 unspecified atom stereocenters. The van der Waals surface area contributed by atoms with E-state index in [0.717, 1.165) is 31.4 Å². The number of nitrogens with zero attached hydrogens (tertiary/aromatic N) is 1. The molecule has 1 aromatic rings. The Kier molecular flexibility index (Phi) is 5.54. The van der Waals surface area contributed by atoms with Crippen molar-refractivity contribution in [2.75, 3.05) is 20.1 Å². The lowest BCUT2D eigenvalue weighted by atomic mass is 10.2. The Morgan fingerprint density at radius 2 is 2.05 bits per heavy atom. The van der Waals surface area contributed by atoms with E-state index in [1.807, 2.05) is 30.3 Å². The third-order valence-electron chi connectivity index (χ3n) is 3.52. The van der Waals surface area contributed by atoms with E-state index in [1.54, 1.807) is 7.05 Å². The zero-order valence-corrected chi connectivity index (χ0v) is 12.7. The van der Waals surface area contributed by atoms with E-state index in [9.17, 15) is 8.42 Å². The van der Waals surface area contributed by atoms with Crippen LogP contribution in [0.25, 0.3) is 0 Å². The average Bonchev–Trinajstić information content (AvgIpc) is 2.68. The van der Waals surface area contributed by atoms with E-state index in [2.05, 4.69) is 10.0 Å². The molecule has 6 heteroatoms. The van der Waals surface area contributed by atoms with E-state index >= 15 is 0 Å². The maximum absolute atomic E-state index is 12.3. The maximum Gasteiger partial charge on any atom is 0.279 e. The molecular weight excluding hydrogens is 274 g/mol. The fraction of sp³-hybridized carbons (Fsp3) is 0.571. The summed E-state index contributed by atoms with van der Waals surface area (Å²) < 4.78 is 28.8. The van der Waals surface area contributed by atoms with Crippen molar-refractivity contribution >= 4 is 10.2 Å². The highest BCUT2D eigenvalue weighted by Crippen LogP contribution is 2.09. The van der Waals surface area contributed by atoms with Crippen LogP contribution < -0.4 is 10.0 Å². The van der Waals surface area contributed by atoms with Crippen LogP contribution in [0.2, 0.25) is 0 Å². The summed E-state index contributed by atoms with van der Waals surface area (Å²) in [5.74, 6) is 0.